The maximum absolute atomic E-state index is 11.8. The number of aromatic amines is 1. The highest BCUT2D eigenvalue weighted by molar-refractivity contribution is 7.80. The quantitative estimate of drug-likeness (QED) is 0.732. The van der Waals surface area contributed by atoms with E-state index in [4.69, 9.17) is 0 Å². The first-order valence-electron chi connectivity index (χ1n) is 4.57. The second-order valence-corrected chi connectivity index (χ2v) is 3.61. The van der Waals surface area contributed by atoms with E-state index >= 15 is 0 Å². The van der Waals surface area contributed by atoms with E-state index in [1.165, 1.54) is 4.68 Å². The van der Waals surface area contributed by atoms with Gasteiger partial charge in [0, 0.05) is 5.75 Å². The summed E-state index contributed by atoms with van der Waals surface area (Å²) in [5.74, 6) is 0.508. The molecule has 1 N–H and O–H groups in total. The number of aryl methyl sites for hydroxylation is 1. The van der Waals surface area contributed by atoms with Gasteiger partial charge >= 0.3 is 0 Å². The summed E-state index contributed by atoms with van der Waals surface area (Å²) in [4.78, 5) is 23.4. The number of aromatic nitrogens is 2. The summed E-state index contributed by atoms with van der Waals surface area (Å²) >= 11 is 4.03. The molecule has 15 heavy (non-hydrogen) atoms. The maximum atomic E-state index is 11.8. The average molecular weight is 222 g/mol. The van der Waals surface area contributed by atoms with Crippen LogP contribution in [0, 0.1) is 0 Å². The summed E-state index contributed by atoms with van der Waals surface area (Å²) in [5, 5.41) is 3.40. The highest BCUT2D eigenvalue weighted by Crippen LogP contribution is 2.02. The summed E-state index contributed by atoms with van der Waals surface area (Å²) in [6.07, 6.45) is 0. The van der Waals surface area contributed by atoms with Crippen molar-refractivity contribution >= 4 is 23.4 Å². The molecule has 2 aromatic rings. The van der Waals surface area contributed by atoms with Crippen LogP contribution in [0.4, 0.5) is 0 Å². The van der Waals surface area contributed by atoms with Crippen molar-refractivity contribution in [3.05, 3.63) is 45.0 Å². The van der Waals surface area contributed by atoms with Crippen molar-refractivity contribution < 1.29 is 0 Å². The van der Waals surface area contributed by atoms with Gasteiger partial charge < -0.3 is 0 Å². The van der Waals surface area contributed by atoms with Crippen LogP contribution in [-0.2, 0) is 6.54 Å². The molecule has 0 amide bonds. The fraction of sp³-hybridized carbons (Fsp3) is 0.200. The van der Waals surface area contributed by atoms with E-state index in [9.17, 15) is 9.59 Å². The zero-order valence-corrected chi connectivity index (χ0v) is 8.83. The normalized spacial score (nSPS) is 10.7. The third-order valence-electron chi connectivity index (χ3n) is 2.21. The topological polar surface area (TPSA) is 54.9 Å². The van der Waals surface area contributed by atoms with E-state index in [1.807, 2.05) is 0 Å². The summed E-state index contributed by atoms with van der Waals surface area (Å²) in [6, 6.07) is 6.77. The summed E-state index contributed by atoms with van der Waals surface area (Å²) in [5.41, 5.74) is -0.425. The van der Waals surface area contributed by atoms with Gasteiger partial charge in [-0.15, -0.1) is 0 Å². The van der Waals surface area contributed by atoms with E-state index in [1.54, 1.807) is 24.3 Å². The first-order valence-corrected chi connectivity index (χ1v) is 5.20. The van der Waals surface area contributed by atoms with Crippen molar-refractivity contribution in [2.45, 2.75) is 6.54 Å². The van der Waals surface area contributed by atoms with Crippen LogP contribution in [0.5, 0.6) is 0 Å². The predicted molar refractivity (Wildman–Crippen MR) is 62.7 cm³/mol. The number of thiol groups is 1. The molecule has 1 aromatic heterocycles. The molecule has 2 rings (SSSR count). The Morgan fingerprint density at radius 2 is 1.87 bits per heavy atom. The van der Waals surface area contributed by atoms with E-state index < -0.39 is 0 Å². The Labute approximate surface area is 90.9 Å². The Bertz CT molecular complexity index is 600. The van der Waals surface area contributed by atoms with Crippen LogP contribution in [0.15, 0.2) is 33.9 Å². The van der Waals surface area contributed by atoms with Gasteiger partial charge in [0.15, 0.2) is 0 Å². The lowest BCUT2D eigenvalue weighted by Crippen LogP contribution is -2.30. The minimum atomic E-state index is -0.244. The number of nitrogens with one attached hydrogen (secondary N) is 1. The van der Waals surface area contributed by atoms with Crippen molar-refractivity contribution in [1.82, 2.24) is 9.78 Å². The van der Waals surface area contributed by atoms with Gasteiger partial charge in [-0.25, -0.2) is 4.68 Å². The van der Waals surface area contributed by atoms with Crippen LogP contribution >= 0.6 is 12.6 Å². The lowest BCUT2D eigenvalue weighted by atomic mass is 10.2. The molecule has 0 spiro atoms. The molecule has 0 aliphatic heterocycles. The average Bonchev–Trinajstić information content (AvgIpc) is 2.26. The molecule has 1 aromatic carbocycles. The number of fused-ring (bicyclic) bond motifs is 1. The smallest absolute Gasteiger partial charge is 0.267 e. The van der Waals surface area contributed by atoms with Gasteiger partial charge in [0.05, 0.1) is 17.3 Å². The standard InChI is InChI=1S/C10H10N2O2S/c13-9-7-3-1-2-4-8(7)10(14)12(11-9)5-6-15/h1-4,15H,5-6H2,(H,11,13). The van der Waals surface area contributed by atoms with Crippen molar-refractivity contribution in [2.24, 2.45) is 0 Å². The third kappa shape index (κ3) is 1.70. The Morgan fingerprint density at radius 3 is 2.53 bits per heavy atom. The molecular weight excluding hydrogens is 212 g/mol. The number of H-pyrrole nitrogens is 1. The number of rotatable bonds is 2. The van der Waals surface area contributed by atoms with Gasteiger partial charge in [-0.2, -0.15) is 12.6 Å². The maximum Gasteiger partial charge on any atom is 0.273 e. The number of hydrogen-bond acceptors (Lipinski definition) is 3. The highest BCUT2D eigenvalue weighted by atomic mass is 32.1. The van der Waals surface area contributed by atoms with Gasteiger partial charge in [-0.3, -0.25) is 14.7 Å². The van der Waals surface area contributed by atoms with Crippen LogP contribution in [0.25, 0.3) is 10.8 Å². The van der Waals surface area contributed by atoms with Crippen LogP contribution in [0.1, 0.15) is 0 Å². The van der Waals surface area contributed by atoms with Crippen molar-refractivity contribution in [2.75, 3.05) is 5.75 Å². The fourth-order valence-electron chi connectivity index (χ4n) is 1.50. The molecule has 0 atom stereocenters. The molecule has 0 bridgehead atoms. The van der Waals surface area contributed by atoms with Gasteiger partial charge in [0.25, 0.3) is 11.1 Å². The minimum absolute atomic E-state index is 0.181. The summed E-state index contributed by atoms with van der Waals surface area (Å²) in [7, 11) is 0. The van der Waals surface area contributed by atoms with Gasteiger partial charge in [0.2, 0.25) is 0 Å². The van der Waals surface area contributed by atoms with E-state index in [-0.39, 0.29) is 11.1 Å². The lowest BCUT2D eigenvalue weighted by Gasteiger charge is -2.04. The fourth-order valence-corrected chi connectivity index (χ4v) is 1.70. The molecule has 0 unspecified atom stereocenters. The van der Waals surface area contributed by atoms with Crippen molar-refractivity contribution in [3.63, 3.8) is 0 Å². The van der Waals surface area contributed by atoms with E-state index in [0.717, 1.165) is 0 Å². The van der Waals surface area contributed by atoms with Crippen LogP contribution in [0.3, 0.4) is 0 Å². The molecule has 0 fully saturated rings. The highest BCUT2D eigenvalue weighted by Gasteiger charge is 2.04. The Balaban J connectivity index is 2.85. The Kier molecular flexibility index (Phi) is 2.64. The van der Waals surface area contributed by atoms with Crippen LogP contribution in [0.2, 0.25) is 0 Å². The second kappa shape index (κ2) is 3.94. The zero-order valence-electron chi connectivity index (χ0n) is 7.93. The Morgan fingerprint density at radius 1 is 1.20 bits per heavy atom. The molecule has 4 nitrogen and oxygen atoms in total. The molecule has 0 aliphatic rings. The Hall–Kier alpha value is -1.49. The van der Waals surface area contributed by atoms with Crippen LogP contribution < -0.4 is 11.1 Å². The van der Waals surface area contributed by atoms with E-state index in [0.29, 0.717) is 23.1 Å². The lowest BCUT2D eigenvalue weighted by molar-refractivity contribution is 0.620. The molecule has 78 valence electrons. The SMILES string of the molecule is O=c1[nH]n(CCS)c(=O)c2ccccc12. The molecule has 1 heterocycles. The molecule has 0 radical (unpaired) electrons. The van der Waals surface area contributed by atoms with Gasteiger partial charge in [-0.05, 0) is 12.1 Å². The van der Waals surface area contributed by atoms with E-state index in [2.05, 4.69) is 17.7 Å². The summed E-state index contributed by atoms with van der Waals surface area (Å²) in [6.45, 7) is 0.405. The summed E-state index contributed by atoms with van der Waals surface area (Å²) < 4.78 is 1.29. The van der Waals surface area contributed by atoms with Crippen molar-refractivity contribution in [3.8, 4) is 0 Å². The molecule has 5 heteroatoms. The predicted octanol–water partition coefficient (Wildman–Crippen LogP) is 0.620. The first kappa shape index (κ1) is 10.0. The van der Waals surface area contributed by atoms with Crippen LogP contribution in [-0.4, -0.2) is 15.5 Å². The van der Waals surface area contributed by atoms with Crippen molar-refractivity contribution in [1.29, 1.82) is 0 Å². The third-order valence-corrected chi connectivity index (χ3v) is 2.41. The second-order valence-electron chi connectivity index (χ2n) is 3.17. The minimum Gasteiger partial charge on any atom is -0.267 e. The largest absolute Gasteiger partial charge is 0.273 e. The molecule has 0 saturated heterocycles. The van der Waals surface area contributed by atoms with Gasteiger partial charge in [-0.1, -0.05) is 12.1 Å². The zero-order chi connectivity index (χ0) is 10.8. The monoisotopic (exact) mass is 222 g/mol. The van der Waals surface area contributed by atoms with Gasteiger partial charge in [0.1, 0.15) is 0 Å². The number of nitrogens with zero attached hydrogens (tertiary/aromatic N) is 1. The molecule has 0 aliphatic carbocycles. The first-order chi connectivity index (χ1) is 7.24. The molecule has 0 saturated carbocycles. The molecular formula is C10H10N2O2S. The number of benzene rings is 1. The number of hydrogen-bond donors (Lipinski definition) is 2.